The number of rotatable bonds is 10. The summed E-state index contributed by atoms with van der Waals surface area (Å²) < 4.78 is 0. The smallest absolute Gasteiger partial charge is 0.0457 e. The molecule has 0 bridgehead atoms. The van der Waals surface area contributed by atoms with Gasteiger partial charge in [0.15, 0.2) is 0 Å². The number of unbranched alkanes of at least 4 members (excludes halogenated alkanes) is 5. The van der Waals surface area contributed by atoms with Crippen LogP contribution in [0.1, 0.15) is 81.9 Å². The minimum absolute atomic E-state index is 0.238. The summed E-state index contributed by atoms with van der Waals surface area (Å²) in [6, 6.07) is 20.2. The van der Waals surface area contributed by atoms with Gasteiger partial charge in [-0.05, 0) is 29.0 Å². The third kappa shape index (κ3) is 3.74. The van der Waals surface area contributed by atoms with Gasteiger partial charge in [0.25, 0.3) is 0 Å². The van der Waals surface area contributed by atoms with Crippen LogP contribution in [0, 0.1) is 5.92 Å². The van der Waals surface area contributed by atoms with Gasteiger partial charge in [-0.1, -0.05) is 113 Å². The fourth-order valence-electron chi connectivity index (χ4n) is 4.23. The lowest BCUT2D eigenvalue weighted by atomic mass is 9.85. The summed E-state index contributed by atoms with van der Waals surface area (Å²) in [5, 5.41) is 0. The van der Waals surface area contributed by atoms with Crippen molar-refractivity contribution in [2.24, 2.45) is 5.92 Å². The molecule has 0 nitrogen and oxygen atoms in total. The first-order valence-corrected chi connectivity index (χ1v) is 9.90. The van der Waals surface area contributed by atoms with Crippen molar-refractivity contribution < 1.29 is 0 Å². The molecule has 0 amide bonds. The van der Waals surface area contributed by atoms with Gasteiger partial charge in [0, 0.05) is 5.41 Å². The van der Waals surface area contributed by atoms with Crippen molar-refractivity contribution in [3.8, 4) is 0 Å². The SMILES string of the molecule is CC(C)CCCCCCCCC1(c2ccccc2)c2ccccc21. The van der Waals surface area contributed by atoms with E-state index in [-0.39, 0.29) is 5.41 Å². The Bertz CT molecular complexity index is 600. The highest BCUT2D eigenvalue weighted by atomic mass is 14.5. The summed E-state index contributed by atoms with van der Waals surface area (Å²) in [6.07, 6.45) is 11.0. The third-order valence-electron chi connectivity index (χ3n) is 5.63. The average molecular weight is 321 g/mol. The van der Waals surface area contributed by atoms with Gasteiger partial charge < -0.3 is 0 Å². The Morgan fingerprint density at radius 1 is 0.667 bits per heavy atom. The molecule has 0 spiro atoms. The van der Waals surface area contributed by atoms with Gasteiger partial charge in [-0.15, -0.1) is 0 Å². The first-order valence-electron chi connectivity index (χ1n) is 9.90. The minimum Gasteiger partial charge on any atom is -0.0628 e. The van der Waals surface area contributed by atoms with E-state index in [1.807, 2.05) is 0 Å². The molecule has 0 heterocycles. The second kappa shape index (κ2) is 8.01. The molecule has 24 heavy (non-hydrogen) atoms. The largest absolute Gasteiger partial charge is 0.0628 e. The molecule has 0 aliphatic heterocycles. The first-order chi connectivity index (χ1) is 11.7. The molecule has 0 radical (unpaired) electrons. The zero-order valence-electron chi connectivity index (χ0n) is 15.4. The molecule has 0 heteroatoms. The van der Waals surface area contributed by atoms with E-state index in [9.17, 15) is 0 Å². The van der Waals surface area contributed by atoms with E-state index in [0.717, 1.165) is 5.92 Å². The van der Waals surface area contributed by atoms with E-state index in [4.69, 9.17) is 0 Å². The monoisotopic (exact) mass is 320 g/mol. The fourth-order valence-corrected chi connectivity index (χ4v) is 4.23. The molecule has 1 aliphatic rings. The number of hydrogen-bond acceptors (Lipinski definition) is 0. The molecule has 0 atom stereocenters. The number of benzene rings is 2. The van der Waals surface area contributed by atoms with Gasteiger partial charge in [-0.3, -0.25) is 0 Å². The molecule has 0 saturated carbocycles. The first kappa shape index (κ1) is 17.3. The Balaban J connectivity index is 1.48. The highest BCUT2D eigenvalue weighted by Gasteiger charge is 2.50. The summed E-state index contributed by atoms with van der Waals surface area (Å²) in [7, 11) is 0. The molecule has 2 aromatic carbocycles. The zero-order valence-corrected chi connectivity index (χ0v) is 15.4. The molecule has 3 rings (SSSR count). The lowest BCUT2D eigenvalue weighted by Crippen LogP contribution is -2.10. The summed E-state index contributed by atoms with van der Waals surface area (Å²) in [6.45, 7) is 4.66. The van der Waals surface area contributed by atoms with Gasteiger partial charge in [-0.2, -0.15) is 0 Å². The van der Waals surface area contributed by atoms with E-state index in [0.29, 0.717) is 0 Å². The van der Waals surface area contributed by atoms with Gasteiger partial charge >= 0.3 is 0 Å². The summed E-state index contributed by atoms with van der Waals surface area (Å²) in [4.78, 5) is 0. The Morgan fingerprint density at radius 2 is 1.21 bits per heavy atom. The van der Waals surface area contributed by atoms with Gasteiger partial charge in [0.1, 0.15) is 0 Å². The van der Waals surface area contributed by atoms with Crippen LogP contribution in [0.2, 0.25) is 0 Å². The van der Waals surface area contributed by atoms with Crippen molar-refractivity contribution in [3.05, 3.63) is 71.3 Å². The fraction of sp³-hybridized carbons (Fsp3) is 0.500. The maximum absolute atomic E-state index is 2.33. The number of fused-ring (bicyclic) bond motifs is 1. The van der Waals surface area contributed by atoms with Gasteiger partial charge in [0.05, 0.1) is 0 Å². The van der Waals surface area contributed by atoms with Crippen LogP contribution in [0.25, 0.3) is 0 Å². The van der Waals surface area contributed by atoms with Crippen LogP contribution >= 0.6 is 0 Å². The van der Waals surface area contributed by atoms with Crippen molar-refractivity contribution >= 4 is 0 Å². The van der Waals surface area contributed by atoms with E-state index in [2.05, 4.69) is 68.4 Å². The van der Waals surface area contributed by atoms with Crippen LogP contribution < -0.4 is 0 Å². The van der Waals surface area contributed by atoms with E-state index in [1.54, 1.807) is 11.1 Å². The molecule has 0 N–H and O–H groups in total. The number of hydrogen-bond donors (Lipinski definition) is 0. The van der Waals surface area contributed by atoms with E-state index in [1.165, 1.54) is 56.9 Å². The van der Waals surface area contributed by atoms with Crippen molar-refractivity contribution in [2.75, 3.05) is 0 Å². The lowest BCUT2D eigenvalue weighted by Gasteiger charge is -2.17. The Morgan fingerprint density at radius 3 is 1.83 bits per heavy atom. The molecule has 1 aliphatic carbocycles. The highest BCUT2D eigenvalue weighted by Crippen LogP contribution is 2.57. The lowest BCUT2D eigenvalue weighted by molar-refractivity contribution is 0.502. The predicted octanol–water partition coefficient (Wildman–Crippen LogP) is 7.11. The Hall–Kier alpha value is -1.56. The van der Waals surface area contributed by atoms with Gasteiger partial charge in [0.2, 0.25) is 0 Å². The second-order valence-corrected chi connectivity index (χ2v) is 7.87. The van der Waals surface area contributed by atoms with Crippen LogP contribution in [-0.2, 0) is 5.41 Å². The summed E-state index contributed by atoms with van der Waals surface area (Å²) in [5.41, 5.74) is 4.85. The van der Waals surface area contributed by atoms with Crippen molar-refractivity contribution in [3.63, 3.8) is 0 Å². The maximum Gasteiger partial charge on any atom is 0.0457 e. The molecule has 0 unspecified atom stereocenters. The second-order valence-electron chi connectivity index (χ2n) is 7.87. The quantitative estimate of drug-likeness (QED) is 0.409. The average Bonchev–Trinajstić information content (AvgIpc) is 3.27. The molecule has 2 aromatic rings. The third-order valence-corrected chi connectivity index (χ3v) is 5.63. The van der Waals surface area contributed by atoms with Crippen LogP contribution in [-0.4, -0.2) is 0 Å². The van der Waals surface area contributed by atoms with Crippen LogP contribution in [0.3, 0.4) is 0 Å². The van der Waals surface area contributed by atoms with E-state index < -0.39 is 0 Å². The summed E-state index contributed by atoms with van der Waals surface area (Å²) >= 11 is 0. The normalized spacial score (nSPS) is 14.6. The van der Waals surface area contributed by atoms with Crippen molar-refractivity contribution in [2.45, 2.75) is 70.6 Å². The standard InChI is InChI=1S/C24H32/c1-20(2)14-8-5-3-4-6-13-19-24(21-15-9-7-10-16-21)22-17-11-12-18-23(22)24/h7,9-12,15-18,20H,3-6,8,13-14,19H2,1-2H3. The summed E-state index contributed by atoms with van der Waals surface area (Å²) in [5.74, 6) is 0.865. The molecule has 0 aromatic heterocycles. The minimum atomic E-state index is 0.238. The topological polar surface area (TPSA) is 0 Å². The zero-order chi connectivity index (χ0) is 16.8. The van der Waals surface area contributed by atoms with Crippen LogP contribution in [0.4, 0.5) is 0 Å². The maximum atomic E-state index is 2.33. The van der Waals surface area contributed by atoms with Crippen LogP contribution in [0.15, 0.2) is 54.6 Å². The predicted molar refractivity (Wildman–Crippen MR) is 105 cm³/mol. The van der Waals surface area contributed by atoms with Crippen molar-refractivity contribution in [1.82, 2.24) is 0 Å². The Kier molecular flexibility index (Phi) is 5.76. The molecule has 128 valence electrons. The molecule has 0 saturated heterocycles. The van der Waals surface area contributed by atoms with E-state index >= 15 is 0 Å². The molecular formula is C24H32. The highest BCUT2D eigenvalue weighted by molar-refractivity contribution is 5.67. The van der Waals surface area contributed by atoms with Crippen molar-refractivity contribution in [1.29, 1.82) is 0 Å². The van der Waals surface area contributed by atoms with Gasteiger partial charge in [-0.25, -0.2) is 0 Å². The Labute approximate surface area is 148 Å². The molecular weight excluding hydrogens is 288 g/mol. The van der Waals surface area contributed by atoms with Crippen LogP contribution in [0.5, 0.6) is 0 Å². The molecule has 0 fully saturated rings.